The average molecular weight is 246 g/mol. The molecule has 0 bridgehead atoms. The Morgan fingerprint density at radius 3 is 2.44 bits per heavy atom. The third kappa shape index (κ3) is 1.93. The topological polar surface area (TPSA) is 104 Å². The molecule has 0 fully saturated rings. The second kappa shape index (κ2) is 4.28. The Hall–Kier alpha value is -2.70. The maximum absolute atomic E-state index is 10.9. The van der Waals surface area contributed by atoms with Crippen LogP contribution in [0.5, 0.6) is 0 Å². The highest BCUT2D eigenvalue weighted by atomic mass is 16.6. The fourth-order valence-electron chi connectivity index (χ4n) is 1.62. The van der Waals surface area contributed by atoms with E-state index in [1.165, 1.54) is 10.8 Å². The van der Waals surface area contributed by atoms with Gasteiger partial charge in [0.25, 0.3) is 0 Å². The zero-order chi connectivity index (χ0) is 13.3. The smallest absolute Gasteiger partial charge is 0.342 e. The third-order valence-electron chi connectivity index (χ3n) is 2.58. The van der Waals surface area contributed by atoms with Gasteiger partial charge in [-0.1, -0.05) is 0 Å². The zero-order valence-corrected chi connectivity index (χ0v) is 9.53. The van der Waals surface area contributed by atoms with Crippen LogP contribution in [0.4, 0.5) is 5.82 Å². The Balaban J connectivity index is 2.43. The summed E-state index contributed by atoms with van der Waals surface area (Å²) in [7, 11) is 1.56. The number of benzene rings is 1. The lowest BCUT2D eigenvalue weighted by Gasteiger charge is -2.00. The Morgan fingerprint density at radius 2 is 2.00 bits per heavy atom. The summed E-state index contributed by atoms with van der Waals surface area (Å²) in [5.74, 6) is -0.158. The Morgan fingerprint density at radius 1 is 1.39 bits per heavy atom. The summed E-state index contributed by atoms with van der Waals surface area (Å²) in [6.45, 7) is 0. The molecule has 1 aromatic heterocycles. The Kier molecular flexibility index (Phi) is 2.80. The van der Waals surface area contributed by atoms with Crippen molar-refractivity contribution in [3.05, 3.63) is 46.1 Å². The fourth-order valence-corrected chi connectivity index (χ4v) is 1.62. The predicted molar refractivity (Wildman–Crippen MR) is 63.8 cm³/mol. The monoisotopic (exact) mass is 246 g/mol. The van der Waals surface area contributed by atoms with Gasteiger partial charge in [0.2, 0.25) is 11.7 Å². The lowest BCUT2D eigenvalue weighted by Crippen LogP contribution is -2.10. The first-order valence-electron chi connectivity index (χ1n) is 5.07. The van der Waals surface area contributed by atoms with Crippen LogP contribution in [0.25, 0.3) is 11.4 Å². The molecule has 1 aromatic carbocycles. The van der Waals surface area contributed by atoms with Crippen molar-refractivity contribution in [1.82, 2.24) is 9.55 Å². The van der Waals surface area contributed by atoms with Gasteiger partial charge in [0, 0.05) is 11.1 Å². The molecule has 7 nitrogen and oxygen atoms in total. The lowest BCUT2D eigenvalue weighted by atomic mass is 10.1. The molecule has 7 heteroatoms. The quantitative estimate of drug-likeness (QED) is 0.646. The van der Waals surface area contributed by atoms with Crippen molar-refractivity contribution in [2.75, 3.05) is 0 Å². The van der Waals surface area contributed by atoms with Crippen LogP contribution >= 0.6 is 0 Å². The molecule has 0 radical (unpaired) electrons. The minimum absolute atomic E-state index is 0.0935. The van der Waals surface area contributed by atoms with Crippen LogP contribution in [-0.4, -0.2) is 20.4 Å². The van der Waals surface area contributed by atoms with E-state index in [4.69, 9.17) is 5.73 Å². The maximum atomic E-state index is 10.9. The van der Waals surface area contributed by atoms with Crippen molar-refractivity contribution in [3.8, 4) is 11.4 Å². The molecule has 0 atom stereocenters. The van der Waals surface area contributed by atoms with Crippen LogP contribution in [0, 0.1) is 10.1 Å². The summed E-state index contributed by atoms with van der Waals surface area (Å²) in [6.07, 6.45) is 1.19. The van der Waals surface area contributed by atoms with Gasteiger partial charge in [-0.3, -0.25) is 4.79 Å². The molecule has 0 saturated heterocycles. The molecule has 1 amide bonds. The van der Waals surface area contributed by atoms with Crippen LogP contribution in [-0.2, 0) is 7.05 Å². The molecule has 0 aliphatic heterocycles. The average Bonchev–Trinajstić information content (AvgIpc) is 2.71. The van der Waals surface area contributed by atoms with Gasteiger partial charge in [0.1, 0.15) is 6.20 Å². The SMILES string of the molecule is Cn1c([N+](=O)[O-])cnc1-c1ccc(C(N)=O)cc1. The lowest BCUT2D eigenvalue weighted by molar-refractivity contribution is -0.391. The maximum Gasteiger partial charge on any atom is 0.342 e. The number of hydrogen-bond donors (Lipinski definition) is 1. The van der Waals surface area contributed by atoms with E-state index < -0.39 is 10.8 Å². The molecule has 0 saturated carbocycles. The molecule has 0 aliphatic carbocycles. The van der Waals surface area contributed by atoms with Crippen molar-refractivity contribution in [2.45, 2.75) is 0 Å². The summed E-state index contributed by atoms with van der Waals surface area (Å²) < 4.78 is 1.37. The van der Waals surface area contributed by atoms with Crippen molar-refractivity contribution in [1.29, 1.82) is 0 Å². The van der Waals surface area contributed by atoms with E-state index in [9.17, 15) is 14.9 Å². The van der Waals surface area contributed by atoms with Crippen LogP contribution in [0.15, 0.2) is 30.5 Å². The molecule has 2 rings (SSSR count). The van der Waals surface area contributed by atoms with Crippen molar-refractivity contribution < 1.29 is 9.72 Å². The normalized spacial score (nSPS) is 10.3. The van der Waals surface area contributed by atoms with Crippen molar-refractivity contribution >= 4 is 11.7 Å². The number of rotatable bonds is 3. The molecule has 1 heterocycles. The highest BCUT2D eigenvalue weighted by Crippen LogP contribution is 2.22. The van der Waals surface area contributed by atoms with Gasteiger partial charge in [0.15, 0.2) is 0 Å². The van der Waals surface area contributed by atoms with Crippen LogP contribution < -0.4 is 5.73 Å². The molecule has 2 aromatic rings. The number of carbonyl (C=O) groups excluding carboxylic acids is 1. The van der Waals surface area contributed by atoms with Crippen molar-refractivity contribution in [3.63, 3.8) is 0 Å². The fraction of sp³-hybridized carbons (Fsp3) is 0.0909. The second-order valence-electron chi connectivity index (χ2n) is 3.70. The summed E-state index contributed by atoms with van der Waals surface area (Å²) >= 11 is 0. The van der Waals surface area contributed by atoms with Gasteiger partial charge < -0.3 is 15.8 Å². The highest BCUT2D eigenvalue weighted by molar-refractivity contribution is 5.93. The summed E-state index contributed by atoms with van der Waals surface area (Å²) in [5.41, 5.74) is 6.18. The van der Waals surface area contributed by atoms with Gasteiger partial charge >= 0.3 is 5.82 Å². The molecule has 0 aliphatic rings. The molecular weight excluding hydrogens is 236 g/mol. The van der Waals surface area contributed by atoms with E-state index in [-0.39, 0.29) is 5.82 Å². The molecule has 18 heavy (non-hydrogen) atoms. The first kappa shape index (κ1) is 11.8. The molecular formula is C11H10N4O3. The van der Waals surface area contributed by atoms with E-state index in [2.05, 4.69) is 4.98 Å². The molecule has 2 N–H and O–H groups in total. The number of imidazole rings is 1. The number of hydrogen-bond acceptors (Lipinski definition) is 4. The summed E-state index contributed by atoms with van der Waals surface area (Å²) in [5, 5.41) is 10.7. The van der Waals surface area contributed by atoms with Gasteiger partial charge in [-0.25, -0.2) is 9.55 Å². The number of amides is 1. The summed E-state index contributed by atoms with van der Waals surface area (Å²) in [4.78, 5) is 25.1. The van der Waals surface area contributed by atoms with E-state index >= 15 is 0 Å². The Labute approximate surface area is 102 Å². The van der Waals surface area contributed by atoms with Gasteiger partial charge in [-0.15, -0.1) is 0 Å². The first-order valence-corrected chi connectivity index (χ1v) is 5.07. The standard InChI is InChI=1S/C11H10N4O3/c1-14-9(15(17)18)6-13-11(14)8-4-2-7(3-5-8)10(12)16/h2-6H,1H3,(H2,12,16). The van der Waals surface area contributed by atoms with E-state index in [0.717, 1.165) is 0 Å². The van der Waals surface area contributed by atoms with Crippen LogP contribution in [0.3, 0.4) is 0 Å². The number of nitro groups is 1. The summed E-state index contributed by atoms with van der Waals surface area (Å²) in [6, 6.07) is 6.40. The zero-order valence-electron chi connectivity index (χ0n) is 9.53. The molecule has 0 unspecified atom stereocenters. The number of aromatic nitrogens is 2. The van der Waals surface area contributed by atoms with Crippen molar-refractivity contribution in [2.24, 2.45) is 12.8 Å². The number of primary amides is 1. The minimum Gasteiger partial charge on any atom is -0.366 e. The second-order valence-corrected chi connectivity index (χ2v) is 3.70. The van der Waals surface area contributed by atoms with E-state index in [1.54, 1.807) is 31.3 Å². The number of carbonyl (C=O) groups is 1. The van der Waals surface area contributed by atoms with Gasteiger partial charge in [-0.05, 0) is 29.2 Å². The largest absolute Gasteiger partial charge is 0.366 e. The Bertz CT molecular complexity index is 616. The third-order valence-corrected chi connectivity index (χ3v) is 2.58. The van der Waals surface area contributed by atoms with Gasteiger partial charge in [-0.2, -0.15) is 0 Å². The number of nitrogens with zero attached hydrogens (tertiary/aromatic N) is 3. The first-order chi connectivity index (χ1) is 8.50. The van der Waals surface area contributed by atoms with Crippen LogP contribution in [0.1, 0.15) is 10.4 Å². The minimum atomic E-state index is -0.521. The van der Waals surface area contributed by atoms with Gasteiger partial charge in [0.05, 0.1) is 7.05 Å². The highest BCUT2D eigenvalue weighted by Gasteiger charge is 2.17. The van der Waals surface area contributed by atoms with E-state index in [0.29, 0.717) is 17.0 Å². The molecule has 92 valence electrons. The number of nitrogens with two attached hydrogens (primary N) is 1. The van der Waals surface area contributed by atoms with E-state index in [1.807, 2.05) is 0 Å². The molecule has 0 spiro atoms. The van der Waals surface area contributed by atoms with Crippen LogP contribution in [0.2, 0.25) is 0 Å². The predicted octanol–water partition coefficient (Wildman–Crippen LogP) is 1.09.